The van der Waals surface area contributed by atoms with Gasteiger partial charge in [-0.05, 0) is 131 Å². The molecule has 0 spiro atoms. The summed E-state index contributed by atoms with van der Waals surface area (Å²) in [5, 5.41) is 9.92. The molecule has 278 valence electrons. The van der Waals surface area contributed by atoms with E-state index in [9.17, 15) is 0 Å². The molecule has 0 aliphatic heterocycles. The van der Waals surface area contributed by atoms with Crippen molar-refractivity contribution in [3.8, 4) is 33.4 Å². The van der Waals surface area contributed by atoms with Gasteiger partial charge in [0.25, 0.3) is 0 Å². The van der Waals surface area contributed by atoms with E-state index in [-0.39, 0.29) is 0 Å². The fourth-order valence-corrected chi connectivity index (χ4v) is 9.27. The number of hydrogen-bond donors (Lipinski definition) is 0. The molecule has 1 nitrogen and oxygen atoms in total. The Hall–Kier alpha value is -7.48. The van der Waals surface area contributed by atoms with Gasteiger partial charge in [-0.25, -0.2) is 0 Å². The molecular formula is C58H41N. The highest BCUT2D eigenvalue weighted by Crippen LogP contribution is 2.47. The molecule has 0 fully saturated rings. The average Bonchev–Trinajstić information content (AvgIpc) is 3.32. The third kappa shape index (κ3) is 6.20. The normalized spacial score (nSPS) is 12.6. The van der Waals surface area contributed by atoms with Crippen LogP contribution < -0.4 is 4.90 Å². The van der Waals surface area contributed by atoms with E-state index in [4.69, 9.17) is 0 Å². The zero-order chi connectivity index (χ0) is 39.1. The minimum Gasteiger partial charge on any atom is -0.310 e. The summed E-state index contributed by atoms with van der Waals surface area (Å²) in [6, 6.07) is 76.0. The highest BCUT2D eigenvalue weighted by Gasteiger charge is 2.21. The lowest BCUT2D eigenvalue weighted by atomic mass is 9.87. The van der Waals surface area contributed by atoms with E-state index in [1.165, 1.54) is 87.6 Å². The Kier molecular flexibility index (Phi) is 8.71. The smallest absolute Gasteiger partial charge is 0.0540 e. The van der Waals surface area contributed by atoms with E-state index in [2.05, 4.69) is 229 Å². The highest BCUT2D eigenvalue weighted by atomic mass is 15.1. The van der Waals surface area contributed by atoms with Crippen LogP contribution in [0.25, 0.3) is 82.0 Å². The van der Waals surface area contributed by atoms with E-state index in [0.717, 1.165) is 29.9 Å². The quantitative estimate of drug-likeness (QED) is 0.147. The van der Waals surface area contributed by atoms with E-state index in [1.807, 2.05) is 0 Å². The van der Waals surface area contributed by atoms with Crippen molar-refractivity contribution in [3.63, 3.8) is 0 Å². The van der Waals surface area contributed by atoms with Crippen LogP contribution >= 0.6 is 0 Å². The highest BCUT2D eigenvalue weighted by molar-refractivity contribution is 6.16. The van der Waals surface area contributed by atoms with Crippen molar-refractivity contribution in [2.45, 2.75) is 12.8 Å². The molecule has 0 N–H and O–H groups in total. The second-order valence-electron chi connectivity index (χ2n) is 15.5. The SMILES string of the molecule is C1=CC(c2ccc(N(c3ccc(-c4cc5ccccc5c5ccccc45)c(-c4cccc5ccccc45)c3)c3ccc(-c4ccccc4)c4ccccc34)cc2)=CCC1. The van der Waals surface area contributed by atoms with E-state index in [0.29, 0.717) is 0 Å². The average molecular weight is 752 g/mol. The fraction of sp³-hybridized carbons (Fsp3) is 0.0345. The van der Waals surface area contributed by atoms with Crippen molar-refractivity contribution in [2.75, 3.05) is 4.90 Å². The third-order valence-corrected chi connectivity index (χ3v) is 12.1. The Morgan fingerprint density at radius 2 is 0.949 bits per heavy atom. The van der Waals surface area contributed by atoms with Gasteiger partial charge in [-0.1, -0.05) is 188 Å². The summed E-state index contributed by atoms with van der Waals surface area (Å²) in [5.41, 5.74) is 13.2. The van der Waals surface area contributed by atoms with Crippen molar-refractivity contribution in [2.24, 2.45) is 0 Å². The molecular weight excluding hydrogens is 711 g/mol. The number of allylic oxidation sites excluding steroid dienone is 4. The first-order valence-electron chi connectivity index (χ1n) is 20.7. The van der Waals surface area contributed by atoms with Crippen LogP contribution in [0.3, 0.4) is 0 Å². The number of anilines is 3. The number of hydrogen-bond acceptors (Lipinski definition) is 1. The maximum atomic E-state index is 2.46. The van der Waals surface area contributed by atoms with Crippen molar-refractivity contribution in [3.05, 3.63) is 230 Å². The van der Waals surface area contributed by atoms with Crippen LogP contribution in [-0.2, 0) is 0 Å². The summed E-state index contributed by atoms with van der Waals surface area (Å²) in [6.45, 7) is 0. The predicted octanol–water partition coefficient (Wildman–Crippen LogP) is 16.5. The maximum Gasteiger partial charge on any atom is 0.0540 e. The maximum absolute atomic E-state index is 2.46. The molecule has 11 rings (SSSR count). The molecule has 0 atom stereocenters. The molecule has 0 amide bonds. The summed E-state index contributed by atoms with van der Waals surface area (Å²) in [7, 11) is 0. The van der Waals surface area contributed by atoms with Gasteiger partial charge in [0, 0.05) is 16.8 Å². The van der Waals surface area contributed by atoms with E-state index < -0.39 is 0 Å². The Morgan fingerprint density at radius 3 is 1.73 bits per heavy atom. The first-order chi connectivity index (χ1) is 29.3. The van der Waals surface area contributed by atoms with Crippen LogP contribution in [0.4, 0.5) is 17.1 Å². The van der Waals surface area contributed by atoms with Crippen molar-refractivity contribution >= 4 is 65.7 Å². The lowest BCUT2D eigenvalue weighted by Gasteiger charge is -2.29. The molecule has 0 bridgehead atoms. The van der Waals surface area contributed by atoms with Crippen molar-refractivity contribution in [1.29, 1.82) is 0 Å². The number of rotatable bonds is 7. The van der Waals surface area contributed by atoms with Crippen LogP contribution in [-0.4, -0.2) is 0 Å². The van der Waals surface area contributed by atoms with Crippen LogP contribution in [0, 0.1) is 0 Å². The molecule has 0 unspecified atom stereocenters. The van der Waals surface area contributed by atoms with Crippen LogP contribution in [0.5, 0.6) is 0 Å². The summed E-state index contributed by atoms with van der Waals surface area (Å²) in [4.78, 5) is 2.46. The topological polar surface area (TPSA) is 3.24 Å². The van der Waals surface area contributed by atoms with Gasteiger partial charge in [-0.2, -0.15) is 0 Å². The molecule has 10 aromatic carbocycles. The van der Waals surface area contributed by atoms with Crippen molar-refractivity contribution < 1.29 is 0 Å². The Morgan fingerprint density at radius 1 is 0.322 bits per heavy atom. The Balaban J connectivity index is 1.19. The zero-order valence-electron chi connectivity index (χ0n) is 32.7. The van der Waals surface area contributed by atoms with Gasteiger partial charge in [0.05, 0.1) is 5.69 Å². The van der Waals surface area contributed by atoms with Gasteiger partial charge in [0.1, 0.15) is 0 Å². The Bertz CT molecular complexity index is 3250. The molecule has 0 aromatic heterocycles. The lowest BCUT2D eigenvalue weighted by Crippen LogP contribution is -2.11. The van der Waals surface area contributed by atoms with Gasteiger partial charge in [0.15, 0.2) is 0 Å². The lowest BCUT2D eigenvalue weighted by molar-refractivity contribution is 1.04. The van der Waals surface area contributed by atoms with E-state index >= 15 is 0 Å². The second-order valence-corrected chi connectivity index (χ2v) is 15.5. The van der Waals surface area contributed by atoms with Gasteiger partial charge in [0.2, 0.25) is 0 Å². The molecule has 1 aliphatic rings. The van der Waals surface area contributed by atoms with Crippen LogP contribution in [0.2, 0.25) is 0 Å². The molecule has 59 heavy (non-hydrogen) atoms. The first-order valence-corrected chi connectivity index (χ1v) is 20.7. The molecule has 0 saturated carbocycles. The molecule has 1 heteroatoms. The summed E-state index contributed by atoms with van der Waals surface area (Å²) in [6.07, 6.45) is 9.08. The molecule has 0 saturated heterocycles. The monoisotopic (exact) mass is 751 g/mol. The van der Waals surface area contributed by atoms with Crippen LogP contribution in [0.15, 0.2) is 224 Å². The summed E-state index contributed by atoms with van der Waals surface area (Å²) < 4.78 is 0. The van der Waals surface area contributed by atoms with Crippen molar-refractivity contribution in [1.82, 2.24) is 0 Å². The zero-order valence-corrected chi connectivity index (χ0v) is 32.7. The standard InChI is InChI=1S/C58H41N/c1-3-16-40(17-4-1)41-30-32-45(33-31-41)59(58-37-36-49(42-18-5-2-6-19-42)51-26-13-14-28-55(51)58)46-34-35-54(57(39-46)52-29-15-22-43-20-7-9-23-47(43)52)56-38-44-21-8-10-24-48(44)50-25-11-12-27-53(50)56/h2-3,5-39H,1,4H2. The van der Waals surface area contributed by atoms with Gasteiger partial charge < -0.3 is 4.90 Å². The molecule has 0 radical (unpaired) electrons. The largest absolute Gasteiger partial charge is 0.310 e. The second kappa shape index (κ2) is 14.8. The first kappa shape index (κ1) is 34.7. The van der Waals surface area contributed by atoms with Gasteiger partial charge >= 0.3 is 0 Å². The number of nitrogens with zero attached hydrogens (tertiary/aromatic N) is 1. The van der Waals surface area contributed by atoms with Gasteiger partial charge in [-0.15, -0.1) is 0 Å². The fourth-order valence-electron chi connectivity index (χ4n) is 9.27. The van der Waals surface area contributed by atoms with E-state index in [1.54, 1.807) is 0 Å². The summed E-state index contributed by atoms with van der Waals surface area (Å²) in [5.74, 6) is 0. The molecule has 1 aliphatic carbocycles. The van der Waals surface area contributed by atoms with Crippen LogP contribution in [0.1, 0.15) is 18.4 Å². The molecule has 0 heterocycles. The summed E-state index contributed by atoms with van der Waals surface area (Å²) >= 11 is 0. The number of benzene rings is 10. The Labute approximate surface area is 345 Å². The third-order valence-electron chi connectivity index (χ3n) is 12.1. The van der Waals surface area contributed by atoms with Gasteiger partial charge in [-0.3, -0.25) is 0 Å². The number of fused-ring (bicyclic) bond motifs is 5. The molecule has 10 aromatic rings. The predicted molar refractivity (Wildman–Crippen MR) is 254 cm³/mol. The minimum atomic E-state index is 1.08. The minimum absolute atomic E-state index is 1.08.